The third kappa shape index (κ3) is 3.76. The first-order chi connectivity index (χ1) is 11.6. The van der Waals surface area contributed by atoms with Crippen molar-refractivity contribution < 1.29 is 4.79 Å². The lowest BCUT2D eigenvalue weighted by Crippen LogP contribution is -2.22. The van der Waals surface area contributed by atoms with Crippen molar-refractivity contribution in [2.24, 2.45) is 0 Å². The molecule has 0 atom stereocenters. The van der Waals surface area contributed by atoms with Gasteiger partial charge in [-0.05, 0) is 30.7 Å². The van der Waals surface area contributed by atoms with Gasteiger partial charge in [-0.3, -0.25) is 9.59 Å². The minimum absolute atomic E-state index is 0.149. The molecule has 1 N–H and O–H groups in total. The minimum Gasteiger partial charge on any atom is -0.310 e. The average molecular weight is 319 g/mol. The van der Waals surface area contributed by atoms with Crippen molar-refractivity contribution in [1.29, 1.82) is 0 Å². The molecule has 3 rings (SSSR count). The summed E-state index contributed by atoms with van der Waals surface area (Å²) < 4.78 is 1.52. The Morgan fingerprint density at radius 3 is 2.58 bits per heavy atom. The van der Waals surface area contributed by atoms with Crippen molar-refractivity contribution in [3.05, 3.63) is 94.0 Å². The van der Waals surface area contributed by atoms with E-state index in [9.17, 15) is 9.59 Å². The second-order valence-corrected chi connectivity index (χ2v) is 5.49. The molecule has 2 aromatic heterocycles. The molecule has 24 heavy (non-hydrogen) atoms. The van der Waals surface area contributed by atoms with Gasteiger partial charge in [-0.2, -0.15) is 0 Å². The Kier molecular flexibility index (Phi) is 4.52. The molecule has 1 amide bonds. The summed E-state index contributed by atoms with van der Waals surface area (Å²) in [7, 11) is 0. The summed E-state index contributed by atoms with van der Waals surface area (Å²) >= 11 is 0. The Hall–Kier alpha value is -3.21. The average Bonchev–Trinajstić information content (AvgIpc) is 2.58. The number of benzene rings is 1. The molecule has 2 heterocycles. The van der Waals surface area contributed by atoms with Gasteiger partial charge in [0.05, 0.1) is 12.1 Å². The number of carbonyl (C=O) groups is 1. The maximum absolute atomic E-state index is 12.4. The third-order valence-corrected chi connectivity index (χ3v) is 3.57. The van der Waals surface area contributed by atoms with Crippen LogP contribution in [0.15, 0.2) is 71.7 Å². The molecule has 0 radical (unpaired) electrons. The van der Waals surface area contributed by atoms with Gasteiger partial charge in [-0.15, -0.1) is 0 Å². The van der Waals surface area contributed by atoms with E-state index < -0.39 is 0 Å². The van der Waals surface area contributed by atoms with E-state index in [0.717, 1.165) is 11.3 Å². The Balaban J connectivity index is 1.82. The van der Waals surface area contributed by atoms with E-state index in [1.807, 2.05) is 49.4 Å². The number of aryl methyl sites for hydroxylation is 1. The Bertz CT molecular complexity index is 917. The first kappa shape index (κ1) is 15.7. The fraction of sp³-hybridized carbons (Fsp3) is 0.105. The molecule has 5 heteroatoms. The maximum atomic E-state index is 12.4. The summed E-state index contributed by atoms with van der Waals surface area (Å²) in [6, 6.07) is 18.0. The van der Waals surface area contributed by atoms with Crippen LogP contribution in [0.3, 0.4) is 0 Å². The van der Waals surface area contributed by atoms with E-state index in [1.165, 1.54) is 16.7 Å². The zero-order valence-corrected chi connectivity index (χ0v) is 13.3. The van der Waals surface area contributed by atoms with Gasteiger partial charge in [-0.1, -0.05) is 36.4 Å². The molecule has 0 aliphatic rings. The van der Waals surface area contributed by atoms with Crippen molar-refractivity contribution in [1.82, 2.24) is 9.55 Å². The lowest BCUT2D eigenvalue weighted by Gasteiger charge is -2.09. The summed E-state index contributed by atoms with van der Waals surface area (Å²) in [6.07, 6.45) is 1.57. The monoisotopic (exact) mass is 319 g/mol. The van der Waals surface area contributed by atoms with Gasteiger partial charge in [0, 0.05) is 18.0 Å². The zero-order chi connectivity index (χ0) is 16.9. The fourth-order valence-corrected chi connectivity index (χ4v) is 2.37. The van der Waals surface area contributed by atoms with Crippen molar-refractivity contribution in [3.63, 3.8) is 0 Å². The molecule has 0 aliphatic carbocycles. The quantitative estimate of drug-likeness (QED) is 0.804. The molecule has 0 bridgehead atoms. The zero-order valence-electron chi connectivity index (χ0n) is 13.3. The Morgan fingerprint density at radius 2 is 1.83 bits per heavy atom. The number of amides is 1. The Morgan fingerprint density at radius 1 is 1.04 bits per heavy atom. The maximum Gasteiger partial charge on any atom is 0.258 e. The predicted molar refractivity (Wildman–Crippen MR) is 93.2 cm³/mol. The van der Waals surface area contributed by atoms with Crippen LogP contribution in [-0.2, 0) is 6.54 Å². The number of rotatable bonds is 4. The van der Waals surface area contributed by atoms with Gasteiger partial charge in [0.1, 0.15) is 5.82 Å². The molecule has 0 aliphatic heterocycles. The first-order valence-corrected chi connectivity index (χ1v) is 7.61. The highest BCUT2D eigenvalue weighted by Crippen LogP contribution is 2.07. The van der Waals surface area contributed by atoms with E-state index in [1.54, 1.807) is 12.3 Å². The van der Waals surface area contributed by atoms with E-state index in [4.69, 9.17) is 0 Å². The topological polar surface area (TPSA) is 64.0 Å². The molecular formula is C19H17N3O2. The van der Waals surface area contributed by atoms with Crippen LogP contribution in [0.5, 0.6) is 0 Å². The van der Waals surface area contributed by atoms with Gasteiger partial charge in [0.25, 0.3) is 11.5 Å². The minimum atomic E-state index is -0.296. The van der Waals surface area contributed by atoms with Crippen LogP contribution in [0, 0.1) is 6.92 Å². The second kappa shape index (κ2) is 6.91. The predicted octanol–water partition coefficient (Wildman–Crippen LogP) is 2.85. The largest absolute Gasteiger partial charge is 0.310 e. The summed E-state index contributed by atoms with van der Waals surface area (Å²) in [4.78, 5) is 28.6. The van der Waals surface area contributed by atoms with Crippen molar-refractivity contribution >= 4 is 11.7 Å². The number of hydrogen-bond donors (Lipinski definition) is 1. The standard InChI is InChI=1S/C19H17N3O2/c1-14-6-5-9-17(20-14)21-19(24)16-10-11-18(23)22(13-16)12-15-7-3-2-4-8-15/h2-11,13H,12H2,1H3,(H,20,21,24). The molecule has 3 aromatic rings. The third-order valence-electron chi connectivity index (χ3n) is 3.57. The molecule has 1 aromatic carbocycles. The Labute approximate surface area is 139 Å². The van der Waals surface area contributed by atoms with E-state index in [0.29, 0.717) is 17.9 Å². The number of anilines is 1. The van der Waals surface area contributed by atoms with Crippen molar-refractivity contribution in [2.75, 3.05) is 5.32 Å². The van der Waals surface area contributed by atoms with E-state index >= 15 is 0 Å². The number of nitrogens with zero attached hydrogens (tertiary/aromatic N) is 2. The van der Waals surface area contributed by atoms with Gasteiger partial charge in [0.2, 0.25) is 0 Å². The fourth-order valence-electron chi connectivity index (χ4n) is 2.37. The molecule has 0 spiro atoms. The molecule has 0 saturated carbocycles. The van der Waals surface area contributed by atoms with Crippen LogP contribution in [0.4, 0.5) is 5.82 Å². The number of pyridine rings is 2. The highest BCUT2D eigenvalue weighted by atomic mass is 16.2. The summed E-state index contributed by atoms with van der Waals surface area (Å²) in [5.74, 6) is 0.190. The SMILES string of the molecule is Cc1cccc(NC(=O)c2ccc(=O)n(Cc3ccccc3)c2)n1. The lowest BCUT2D eigenvalue weighted by atomic mass is 10.2. The lowest BCUT2D eigenvalue weighted by molar-refractivity contribution is 0.102. The highest BCUT2D eigenvalue weighted by Gasteiger charge is 2.09. The summed E-state index contributed by atoms with van der Waals surface area (Å²) in [6.45, 7) is 2.28. The number of carbonyl (C=O) groups excluding carboxylic acids is 1. The molecule has 0 fully saturated rings. The van der Waals surface area contributed by atoms with Crippen LogP contribution in [0.2, 0.25) is 0 Å². The number of aromatic nitrogens is 2. The van der Waals surface area contributed by atoms with Gasteiger partial charge >= 0.3 is 0 Å². The van der Waals surface area contributed by atoms with E-state index in [-0.39, 0.29) is 11.5 Å². The molecule has 120 valence electrons. The van der Waals surface area contributed by atoms with Crippen LogP contribution < -0.4 is 10.9 Å². The first-order valence-electron chi connectivity index (χ1n) is 7.61. The van der Waals surface area contributed by atoms with Crippen LogP contribution in [0.25, 0.3) is 0 Å². The van der Waals surface area contributed by atoms with Gasteiger partial charge in [-0.25, -0.2) is 4.98 Å². The molecule has 0 saturated heterocycles. The van der Waals surface area contributed by atoms with Crippen LogP contribution in [0.1, 0.15) is 21.6 Å². The van der Waals surface area contributed by atoms with Gasteiger partial charge < -0.3 is 9.88 Å². The van der Waals surface area contributed by atoms with Crippen LogP contribution >= 0.6 is 0 Å². The number of nitrogens with one attached hydrogen (secondary N) is 1. The van der Waals surface area contributed by atoms with Gasteiger partial charge in [0.15, 0.2) is 0 Å². The molecular weight excluding hydrogens is 302 g/mol. The normalized spacial score (nSPS) is 10.4. The smallest absolute Gasteiger partial charge is 0.258 e. The van der Waals surface area contributed by atoms with E-state index in [2.05, 4.69) is 10.3 Å². The second-order valence-electron chi connectivity index (χ2n) is 5.49. The molecule has 5 nitrogen and oxygen atoms in total. The summed E-state index contributed by atoms with van der Waals surface area (Å²) in [5, 5.41) is 2.74. The summed E-state index contributed by atoms with van der Waals surface area (Å²) in [5.41, 5.74) is 2.08. The van der Waals surface area contributed by atoms with Crippen molar-refractivity contribution in [2.45, 2.75) is 13.5 Å². The van der Waals surface area contributed by atoms with Crippen molar-refractivity contribution in [3.8, 4) is 0 Å². The highest BCUT2D eigenvalue weighted by molar-refractivity contribution is 6.03. The van der Waals surface area contributed by atoms with Crippen LogP contribution in [-0.4, -0.2) is 15.5 Å². The molecule has 0 unspecified atom stereocenters. The number of hydrogen-bond acceptors (Lipinski definition) is 3.